The summed E-state index contributed by atoms with van der Waals surface area (Å²) in [6.45, 7) is 5.13. The number of hydrogen-bond donors (Lipinski definition) is 1. The molecule has 2 N–H and O–H groups in total. The van der Waals surface area contributed by atoms with Gasteiger partial charge < -0.3 is 15.0 Å². The number of esters is 1. The van der Waals surface area contributed by atoms with Crippen LogP contribution in [0.3, 0.4) is 0 Å². The molecule has 6 heteroatoms. The monoisotopic (exact) mass is 419 g/mol. The first-order chi connectivity index (χ1) is 14.9. The molecule has 6 nitrogen and oxygen atoms in total. The number of benzene rings is 2. The zero-order valence-electron chi connectivity index (χ0n) is 18.8. The highest BCUT2D eigenvalue weighted by molar-refractivity contribution is 6.44. The Morgan fingerprint density at radius 3 is 2.81 bits per heavy atom. The topological polar surface area (TPSA) is 61.8 Å². The van der Waals surface area contributed by atoms with Gasteiger partial charge in [0.1, 0.15) is 5.69 Å². The van der Waals surface area contributed by atoms with E-state index in [1.165, 1.54) is 18.4 Å². The second-order valence-corrected chi connectivity index (χ2v) is 7.58. The Balaban J connectivity index is 1.87. The first-order valence-electron chi connectivity index (χ1n) is 10.4. The lowest BCUT2D eigenvalue weighted by molar-refractivity contribution is -0.539. The number of carbonyl (C=O) groups excluding carboxylic acids is 1. The van der Waals surface area contributed by atoms with Gasteiger partial charge >= 0.3 is 5.97 Å². The van der Waals surface area contributed by atoms with Crippen molar-refractivity contribution in [2.45, 2.75) is 12.8 Å². The Kier molecular flexibility index (Phi) is 7.26. The van der Waals surface area contributed by atoms with E-state index < -0.39 is 5.97 Å². The molecule has 0 fully saturated rings. The van der Waals surface area contributed by atoms with E-state index in [2.05, 4.69) is 35.8 Å². The van der Waals surface area contributed by atoms with Crippen LogP contribution >= 0.6 is 0 Å². The molecule has 1 heterocycles. The fourth-order valence-corrected chi connectivity index (χ4v) is 3.71. The molecule has 1 aliphatic heterocycles. The van der Waals surface area contributed by atoms with E-state index in [9.17, 15) is 4.79 Å². The third-order valence-corrected chi connectivity index (χ3v) is 5.49. The van der Waals surface area contributed by atoms with Gasteiger partial charge in [0.2, 0.25) is 0 Å². The Bertz CT molecular complexity index is 1030. The summed E-state index contributed by atoms with van der Waals surface area (Å²) in [6.07, 6.45) is 5.91. The van der Waals surface area contributed by atoms with Crippen LogP contribution in [0.25, 0.3) is 6.08 Å². The summed E-state index contributed by atoms with van der Waals surface area (Å²) >= 11 is 0. The van der Waals surface area contributed by atoms with Crippen molar-refractivity contribution in [1.82, 2.24) is 0 Å². The molecule has 2 aromatic rings. The fraction of sp³-hybridized carbons (Fsp3) is 0.280. The van der Waals surface area contributed by atoms with Gasteiger partial charge in [-0.15, -0.1) is 0 Å². The van der Waals surface area contributed by atoms with Crippen molar-refractivity contribution in [1.29, 1.82) is 0 Å². The largest absolute Gasteiger partial charge is 0.464 e. The second kappa shape index (κ2) is 10.1. The van der Waals surface area contributed by atoms with E-state index in [1.807, 2.05) is 55.8 Å². The number of carbonyl (C=O) groups is 1. The van der Waals surface area contributed by atoms with E-state index in [4.69, 9.17) is 4.74 Å². The summed E-state index contributed by atoms with van der Waals surface area (Å²) in [5, 5.41) is 8.29. The van der Waals surface area contributed by atoms with Crippen molar-refractivity contribution < 1.29 is 14.8 Å². The van der Waals surface area contributed by atoms with Crippen LogP contribution in [0, 0.1) is 0 Å². The Labute approximate surface area is 184 Å². The number of para-hydroxylation sites is 1. The van der Waals surface area contributed by atoms with Crippen LogP contribution in [0.5, 0.6) is 0 Å². The van der Waals surface area contributed by atoms with Gasteiger partial charge in [0.15, 0.2) is 5.71 Å². The lowest BCUT2D eigenvalue weighted by Gasteiger charge is -2.28. The number of nitrogens with zero attached hydrogens (tertiary/aromatic N) is 3. The average molecular weight is 420 g/mol. The molecule has 162 valence electrons. The zero-order chi connectivity index (χ0) is 22.4. The summed E-state index contributed by atoms with van der Waals surface area (Å²) in [6, 6.07) is 14.3. The Morgan fingerprint density at radius 2 is 2.06 bits per heavy atom. The van der Waals surface area contributed by atoms with Crippen LogP contribution in [0.1, 0.15) is 17.5 Å². The number of methoxy groups -OCH3 is 1. The van der Waals surface area contributed by atoms with Crippen LogP contribution in [-0.2, 0) is 16.0 Å². The molecule has 0 saturated carbocycles. The molecule has 0 atom stereocenters. The van der Waals surface area contributed by atoms with Crippen molar-refractivity contribution in [3.8, 4) is 0 Å². The lowest BCUT2D eigenvalue weighted by atomic mass is 10.0. The highest BCUT2D eigenvalue weighted by atomic mass is 16.5. The van der Waals surface area contributed by atoms with Crippen molar-refractivity contribution in [2.75, 3.05) is 44.7 Å². The maximum atomic E-state index is 12.4. The number of quaternary nitrogens is 1. The molecule has 2 aromatic carbocycles. The summed E-state index contributed by atoms with van der Waals surface area (Å²) in [4.78, 5) is 14.7. The van der Waals surface area contributed by atoms with Gasteiger partial charge in [-0.25, -0.2) is 4.79 Å². The third-order valence-electron chi connectivity index (χ3n) is 5.49. The van der Waals surface area contributed by atoms with E-state index in [0.717, 1.165) is 36.3 Å². The molecule has 31 heavy (non-hydrogen) atoms. The molecule has 3 rings (SSSR count). The molecule has 0 amide bonds. The second-order valence-electron chi connectivity index (χ2n) is 7.58. The van der Waals surface area contributed by atoms with Gasteiger partial charge in [-0.2, -0.15) is 5.10 Å². The summed E-state index contributed by atoms with van der Waals surface area (Å²) in [7, 11) is 7.29. The molecule has 1 aliphatic rings. The highest BCUT2D eigenvalue weighted by Gasteiger charge is 2.18. The van der Waals surface area contributed by atoms with Crippen LogP contribution < -0.4 is 15.2 Å². The van der Waals surface area contributed by atoms with Gasteiger partial charge in [0.05, 0.1) is 19.8 Å². The van der Waals surface area contributed by atoms with Crippen molar-refractivity contribution in [3.05, 3.63) is 71.8 Å². The normalized spacial score (nSPS) is 13.8. The molecule has 0 unspecified atom stereocenters. The maximum Gasteiger partial charge on any atom is 0.359 e. The summed E-state index contributed by atoms with van der Waals surface area (Å²) in [5.41, 5.74) is 6.27. The van der Waals surface area contributed by atoms with Crippen LogP contribution in [0.15, 0.2) is 65.8 Å². The van der Waals surface area contributed by atoms with E-state index >= 15 is 0 Å². The minimum atomic E-state index is -0.519. The van der Waals surface area contributed by atoms with Crippen LogP contribution in [0.4, 0.5) is 17.1 Å². The van der Waals surface area contributed by atoms with Gasteiger partial charge in [0, 0.05) is 37.5 Å². The number of ether oxygens (including phenoxy) is 1. The Morgan fingerprint density at radius 1 is 1.29 bits per heavy atom. The van der Waals surface area contributed by atoms with Crippen molar-refractivity contribution in [2.24, 2.45) is 5.10 Å². The number of anilines is 2. The lowest BCUT2D eigenvalue weighted by Crippen LogP contribution is -2.73. The zero-order valence-corrected chi connectivity index (χ0v) is 18.8. The number of fused-ring (bicyclic) bond motifs is 1. The third kappa shape index (κ3) is 5.22. The molecule has 0 bridgehead atoms. The van der Waals surface area contributed by atoms with E-state index in [0.29, 0.717) is 5.57 Å². The number of hydrazone groups is 1. The standard InChI is InChI=1S/C25H30N4O2/c1-18(12-13-19-9-6-7-11-22(19)26-2)24(25(30)31-5)27-29(4)21-14-15-23-20(17-21)10-8-16-28(23)3/h6-7,9,11-15,17,26H,1,8,10,16H2,2-5H3/p+1/b13-12-,27-24-. The first kappa shape index (κ1) is 22.3. The smallest absolute Gasteiger partial charge is 0.359 e. The number of hydrogen-bond acceptors (Lipinski definition) is 5. The quantitative estimate of drug-likeness (QED) is 0.246. The predicted molar refractivity (Wildman–Crippen MR) is 128 cm³/mol. The van der Waals surface area contributed by atoms with Gasteiger partial charge in [-0.1, -0.05) is 24.8 Å². The maximum absolute atomic E-state index is 12.4. The van der Waals surface area contributed by atoms with Gasteiger partial charge in [0.25, 0.3) is 0 Å². The minimum Gasteiger partial charge on any atom is -0.464 e. The highest BCUT2D eigenvalue weighted by Crippen LogP contribution is 2.30. The van der Waals surface area contributed by atoms with Crippen LogP contribution in [0.2, 0.25) is 0 Å². The predicted octanol–water partition coefficient (Wildman–Crippen LogP) is 3.13. The van der Waals surface area contributed by atoms with Crippen LogP contribution in [-0.4, -0.2) is 46.5 Å². The SMILES string of the molecule is C=C(/C=C\c1ccccc1[NH2+]C)/C(=N/N(C)c1ccc2c(c1)CCCN2C)C(=O)OC. The summed E-state index contributed by atoms with van der Waals surface area (Å²) in [5.74, 6) is -0.519. The van der Waals surface area contributed by atoms with Crippen molar-refractivity contribution >= 4 is 34.8 Å². The number of allylic oxidation sites excluding steroid dienone is 1. The molecular weight excluding hydrogens is 388 g/mol. The fourth-order valence-electron chi connectivity index (χ4n) is 3.71. The average Bonchev–Trinajstić information content (AvgIpc) is 2.80. The number of aryl methyl sites for hydroxylation is 1. The molecule has 0 radical (unpaired) electrons. The molecule has 0 aromatic heterocycles. The summed E-state index contributed by atoms with van der Waals surface area (Å²) < 4.78 is 4.97. The first-order valence-corrected chi connectivity index (χ1v) is 10.4. The molecular formula is C25H31N4O2+. The van der Waals surface area contributed by atoms with Gasteiger partial charge in [-0.05, 0) is 54.8 Å². The molecule has 0 spiro atoms. The van der Waals surface area contributed by atoms with E-state index in [1.54, 1.807) is 11.1 Å². The van der Waals surface area contributed by atoms with E-state index in [-0.39, 0.29) is 5.71 Å². The molecule has 0 aliphatic carbocycles. The minimum absolute atomic E-state index is 0.175. The Hall–Kier alpha value is -3.38. The number of rotatable bonds is 7. The van der Waals surface area contributed by atoms with Crippen molar-refractivity contribution in [3.63, 3.8) is 0 Å². The number of nitrogens with two attached hydrogens (primary N) is 1. The molecule has 0 saturated heterocycles. The van der Waals surface area contributed by atoms with Gasteiger partial charge in [-0.3, -0.25) is 5.01 Å².